The number of ether oxygens (including phenoxy) is 1. The van der Waals surface area contributed by atoms with Gasteiger partial charge in [0.1, 0.15) is 5.75 Å². The Morgan fingerprint density at radius 1 is 1.11 bits per heavy atom. The van der Waals surface area contributed by atoms with E-state index in [2.05, 4.69) is 28.1 Å². The minimum atomic E-state index is 0.662. The molecule has 2 N–H and O–H groups in total. The zero-order valence-corrected chi connectivity index (χ0v) is 12.2. The fraction of sp³-hybridized carbons (Fsp3) is 0.143. The molecular weight excluding hydrogens is 310 g/mol. The third-order valence-electron chi connectivity index (χ3n) is 2.26. The molecule has 0 aliphatic heterocycles. The van der Waals surface area contributed by atoms with Crippen LogP contribution >= 0.6 is 27.7 Å². The van der Waals surface area contributed by atoms with Crippen molar-refractivity contribution >= 4 is 33.4 Å². The van der Waals surface area contributed by atoms with E-state index in [4.69, 9.17) is 10.5 Å². The molecular formula is C14H14BrNOS. The highest BCUT2D eigenvalue weighted by Crippen LogP contribution is 2.23. The van der Waals surface area contributed by atoms with Crippen LogP contribution in [0.25, 0.3) is 0 Å². The number of halogens is 1. The molecule has 0 saturated carbocycles. The summed E-state index contributed by atoms with van der Waals surface area (Å²) in [6.45, 7) is 0.662. The number of hydrogen-bond acceptors (Lipinski definition) is 3. The van der Waals surface area contributed by atoms with Crippen LogP contribution in [0.3, 0.4) is 0 Å². The normalized spacial score (nSPS) is 10.3. The first-order chi connectivity index (χ1) is 8.74. The first-order valence-electron chi connectivity index (χ1n) is 5.61. The van der Waals surface area contributed by atoms with Crippen molar-refractivity contribution in [1.29, 1.82) is 0 Å². The number of nitrogens with two attached hydrogens (primary N) is 1. The predicted octanol–water partition coefficient (Wildman–Crippen LogP) is 4.20. The SMILES string of the molecule is Nc1cc(Br)cc(OCCSc2ccccc2)c1. The van der Waals surface area contributed by atoms with Gasteiger partial charge in [0.05, 0.1) is 6.61 Å². The molecule has 0 fully saturated rings. The number of nitrogen functional groups attached to an aromatic ring is 1. The summed E-state index contributed by atoms with van der Waals surface area (Å²) in [7, 11) is 0. The Morgan fingerprint density at radius 3 is 2.61 bits per heavy atom. The molecule has 0 atom stereocenters. The van der Waals surface area contributed by atoms with Gasteiger partial charge in [-0.05, 0) is 24.3 Å². The van der Waals surface area contributed by atoms with Crippen LogP contribution in [0.15, 0.2) is 57.9 Å². The zero-order chi connectivity index (χ0) is 12.8. The van der Waals surface area contributed by atoms with Crippen molar-refractivity contribution < 1.29 is 4.74 Å². The summed E-state index contributed by atoms with van der Waals surface area (Å²) in [5, 5.41) is 0. The van der Waals surface area contributed by atoms with E-state index in [0.29, 0.717) is 12.3 Å². The molecule has 0 spiro atoms. The fourth-order valence-corrected chi connectivity index (χ4v) is 2.75. The fourth-order valence-electron chi connectivity index (χ4n) is 1.50. The summed E-state index contributed by atoms with van der Waals surface area (Å²) in [5.74, 6) is 1.71. The van der Waals surface area contributed by atoms with Gasteiger partial charge in [-0.2, -0.15) is 0 Å². The van der Waals surface area contributed by atoms with E-state index in [-0.39, 0.29) is 0 Å². The summed E-state index contributed by atoms with van der Waals surface area (Å²) >= 11 is 5.17. The van der Waals surface area contributed by atoms with Crippen molar-refractivity contribution in [3.05, 3.63) is 53.0 Å². The third kappa shape index (κ3) is 4.27. The topological polar surface area (TPSA) is 35.2 Å². The molecule has 2 rings (SSSR count). The molecule has 0 aromatic heterocycles. The standard InChI is InChI=1S/C14H14BrNOS/c15-11-8-12(16)10-13(9-11)17-6-7-18-14-4-2-1-3-5-14/h1-5,8-10H,6-7,16H2. The molecule has 2 nitrogen and oxygen atoms in total. The van der Waals surface area contributed by atoms with Gasteiger partial charge in [0.15, 0.2) is 0 Å². The summed E-state index contributed by atoms with van der Waals surface area (Å²) in [4.78, 5) is 1.26. The summed E-state index contributed by atoms with van der Waals surface area (Å²) in [6, 6.07) is 15.9. The number of thioether (sulfide) groups is 1. The maximum Gasteiger partial charge on any atom is 0.122 e. The van der Waals surface area contributed by atoms with Crippen LogP contribution in [0.2, 0.25) is 0 Å². The Hall–Kier alpha value is -1.13. The molecule has 18 heavy (non-hydrogen) atoms. The summed E-state index contributed by atoms with van der Waals surface area (Å²) in [6.07, 6.45) is 0. The highest BCUT2D eigenvalue weighted by molar-refractivity contribution is 9.10. The Labute approximate surface area is 120 Å². The molecule has 0 radical (unpaired) electrons. The molecule has 2 aromatic rings. The van der Waals surface area contributed by atoms with Crippen molar-refractivity contribution in [2.45, 2.75) is 4.90 Å². The van der Waals surface area contributed by atoms with Crippen molar-refractivity contribution in [3.8, 4) is 5.75 Å². The van der Waals surface area contributed by atoms with E-state index in [0.717, 1.165) is 16.0 Å². The maximum atomic E-state index is 5.74. The quantitative estimate of drug-likeness (QED) is 0.508. The smallest absolute Gasteiger partial charge is 0.122 e. The zero-order valence-electron chi connectivity index (χ0n) is 9.80. The molecule has 0 unspecified atom stereocenters. The minimum absolute atomic E-state index is 0.662. The van der Waals surface area contributed by atoms with Crippen LogP contribution in [0, 0.1) is 0 Å². The van der Waals surface area contributed by atoms with Crippen molar-refractivity contribution in [1.82, 2.24) is 0 Å². The molecule has 0 aliphatic rings. The molecule has 0 bridgehead atoms. The molecule has 2 aromatic carbocycles. The first-order valence-corrected chi connectivity index (χ1v) is 7.38. The van der Waals surface area contributed by atoms with Gasteiger partial charge in [0.25, 0.3) is 0 Å². The van der Waals surface area contributed by atoms with Crippen LogP contribution < -0.4 is 10.5 Å². The Kier molecular flexibility index (Phi) is 4.96. The van der Waals surface area contributed by atoms with Crippen molar-refractivity contribution in [2.75, 3.05) is 18.1 Å². The number of anilines is 1. The second-order valence-corrected chi connectivity index (χ2v) is 5.81. The minimum Gasteiger partial charge on any atom is -0.493 e. The van der Waals surface area contributed by atoms with Gasteiger partial charge in [-0.25, -0.2) is 0 Å². The van der Waals surface area contributed by atoms with Gasteiger partial charge in [-0.15, -0.1) is 11.8 Å². The second kappa shape index (κ2) is 6.71. The third-order valence-corrected chi connectivity index (χ3v) is 3.69. The van der Waals surface area contributed by atoms with Crippen LogP contribution in [0.1, 0.15) is 0 Å². The lowest BCUT2D eigenvalue weighted by Gasteiger charge is -2.07. The van der Waals surface area contributed by atoms with Crippen molar-refractivity contribution in [2.24, 2.45) is 0 Å². The van der Waals surface area contributed by atoms with E-state index in [1.807, 2.05) is 36.4 Å². The lowest BCUT2D eigenvalue weighted by molar-refractivity contribution is 0.344. The Balaban J connectivity index is 1.78. The molecule has 4 heteroatoms. The summed E-state index contributed by atoms with van der Waals surface area (Å²) < 4.78 is 6.60. The van der Waals surface area contributed by atoms with Crippen LogP contribution in [-0.2, 0) is 0 Å². The molecule has 0 heterocycles. The van der Waals surface area contributed by atoms with Crippen LogP contribution in [0.4, 0.5) is 5.69 Å². The van der Waals surface area contributed by atoms with Gasteiger partial charge in [-0.1, -0.05) is 34.1 Å². The second-order valence-electron chi connectivity index (χ2n) is 3.73. The average molecular weight is 324 g/mol. The van der Waals surface area contributed by atoms with Gasteiger partial charge < -0.3 is 10.5 Å². The number of benzene rings is 2. The average Bonchev–Trinajstić information content (AvgIpc) is 2.35. The Bertz CT molecular complexity index is 484. The molecule has 94 valence electrons. The lowest BCUT2D eigenvalue weighted by atomic mass is 10.3. The van der Waals surface area contributed by atoms with E-state index in [1.54, 1.807) is 11.8 Å². The maximum absolute atomic E-state index is 5.74. The monoisotopic (exact) mass is 323 g/mol. The Morgan fingerprint density at radius 2 is 1.89 bits per heavy atom. The van der Waals surface area contributed by atoms with E-state index in [9.17, 15) is 0 Å². The number of rotatable bonds is 5. The largest absolute Gasteiger partial charge is 0.493 e. The van der Waals surface area contributed by atoms with E-state index >= 15 is 0 Å². The van der Waals surface area contributed by atoms with E-state index in [1.165, 1.54) is 4.90 Å². The van der Waals surface area contributed by atoms with Gasteiger partial charge >= 0.3 is 0 Å². The van der Waals surface area contributed by atoms with Crippen molar-refractivity contribution in [3.63, 3.8) is 0 Å². The first kappa shape index (κ1) is 13.3. The molecule has 0 aliphatic carbocycles. The lowest BCUT2D eigenvalue weighted by Crippen LogP contribution is -2.00. The highest BCUT2D eigenvalue weighted by Gasteiger charge is 1.98. The molecule has 0 amide bonds. The van der Waals surface area contributed by atoms with Gasteiger partial charge in [-0.3, -0.25) is 0 Å². The number of hydrogen-bond donors (Lipinski definition) is 1. The van der Waals surface area contributed by atoms with Gasteiger partial charge in [0.2, 0.25) is 0 Å². The van der Waals surface area contributed by atoms with Gasteiger partial charge in [0, 0.05) is 26.9 Å². The highest BCUT2D eigenvalue weighted by atomic mass is 79.9. The summed E-state index contributed by atoms with van der Waals surface area (Å²) in [5.41, 5.74) is 6.44. The molecule has 0 saturated heterocycles. The van der Waals surface area contributed by atoms with Crippen LogP contribution in [0.5, 0.6) is 5.75 Å². The van der Waals surface area contributed by atoms with Crippen LogP contribution in [-0.4, -0.2) is 12.4 Å². The predicted molar refractivity (Wildman–Crippen MR) is 81.2 cm³/mol. The van der Waals surface area contributed by atoms with E-state index < -0.39 is 0 Å².